The van der Waals surface area contributed by atoms with Crippen LogP contribution in [0, 0.1) is 5.21 Å². The first-order chi connectivity index (χ1) is 9.82. The lowest BCUT2D eigenvalue weighted by Crippen LogP contribution is -2.39. The predicted octanol–water partition coefficient (Wildman–Crippen LogP) is 0.0871. The van der Waals surface area contributed by atoms with E-state index < -0.39 is 12.2 Å². The van der Waals surface area contributed by atoms with Gasteiger partial charge in [-0.15, -0.1) is 5.01 Å². The highest BCUT2D eigenvalue weighted by molar-refractivity contribution is 6.02. The molecule has 0 bridgehead atoms. The summed E-state index contributed by atoms with van der Waals surface area (Å²) in [5, 5.41) is 24.4. The van der Waals surface area contributed by atoms with E-state index in [1.54, 1.807) is 0 Å². The first-order valence-corrected chi connectivity index (χ1v) is 6.44. The zero-order valence-electron chi connectivity index (χ0n) is 11.9. The second-order valence-electron chi connectivity index (χ2n) is 4.58. The Kier molecular flexibility index (Phi) is 5.88. The summed E-state index contributed by atoms with van der Waals surface area (Å²) in [5.41, 5.74) is 0. The molecule has 1 fully saturated rings. The molecule has 2 amide bonds. The van der Waals surface area contributed by atoms with Crippen LogP contribution < -0.4 is 0 Å². The number of carboxylic acids is 1. The molecule has 0 saturated carbocycles. The van der Waals surface area contributed by atoms with Gasteiger partial charge >= 0.3 is 5.97 Å². The smallest absolute Gasteiger partial charge is 0.303 e. The monoisotopic (exact) mass is 302 g/mol. The summed E-state index contributed by atoms with van der Waals surface area (Å²) in [7, 11) is 1.42. The van der Waals surface area contributed by atoms with E-state index in [0.29, 0.717) is 0 Å². The van der Waals surface area contributed by atoms with Gasteiger partial charge in [-0.2, -0.15) is 0 Å². The number of hydrazine groups is 1. The quantitative estimate of drug-likeness (QED) is 0.291. The Morgan fingerprint density at radius 1 is 1.52 bits per heavy atom. The van der Waals surface area contributed by atoms with Crippen molar-refractivity contribution in [1.82, 2.24) is 9.91 Å². The van der Waals surface area contributed by atoms with Gasteiger partial charge in [0.25, 0.3) is 0 Å². The standard InChI is InChI=1S/C11H18N4O6/c1-8(14-9(16)5-6-10(14)17)21-12-15(20)13(2)7-3-4-11(18)19/h8H,3-7H2,1-2H3,(H,18,19)/b15-12-. The highest BCUT2D eigenvalue weighted by Gasteiger charge is 2.34. The highest BCUT2D eigenvalue weighted by Crippen LogP contribution is 2.16. The molecule has 1 unspecified atom stereocenters. The van der Waals surface area contributed by atoms with Crippen molar-refractivity contribution >= 4 is 17.8 Å². The fourth-order valence-corrected chi connectivity index (χ4v) is 1.76. The number of carbonyl (C=O) groups is 3. The predicted molar refractivity (Wildman–Crippen MR) is 67.2 cm³/mol. The second kappa shape index (κ2) is 7.41. The fraction of sp³-hybridized carbons (Fsp3) is 0.727. The van der Waals surface area contributed by atoms with Gasteiger partial charge in [-0.05, 0) is 13.3 Å². The number of aliphatic carboxylic acids is 1. The van der Waals surface area contributed by atoms with E-state index in [1.807, 2.05) is 0 Å². The molecule has 0 aliphatic carbocycles. The van der Waals surface area contributed by atoms with E-state index in [2.05, 4.69) is 5.28 Å². The Morgan fingerprint density at radius 2 is 2.10 bits per heavy atom. The van der Waals surface area contributed by atoms with E-state index in [-0.39, 0.29) is 49.0 Å². The van der Waals surface area contributed by atoms with Gasteiger partial charge in [-0.1, -0.05) is 0 Å². The Hall–Kier alpha value is -2.39. The molecule has 0 aromatic carbocycles. The van der Waals surface area contributed by atoms with Crippen molar-refractivity contribution in [3.8, 4) is 0 Å². The highest BCUT2D eigenvalue weighted by atomic mass is 16.7. The zero-order chi connectivity index (χ0) is 16.0. The average Bonchev–Trinajstić information content (AvgIpc) is 2.74. The number of carbonyl (C=O) groups excluding carboxylic acids is 2. The van der Waals surface area contributed by atoms with Crippen molar-refractivity contribution in [1.29, 1.82) is 0 Å². The minimum Gasteiger partial charge on any atom is -0.569 e. The molecule has 21 heavy (non-hydrogen) atoms. The van der Waals surface area contributed by atoms with E-state index in [4.69, 9.17) is 9.94 Å². The molecule has 1 aliphatic heterocycles. The number of hydrogen-bond donors (Lipinski definition) is 1. The van der Waals surface area contributed by atoms with Gasteiger partial charge in [-0.3, -0.25) is 14.4 Å². The SMILES string of the molecule is CC(O/N=[N+](\[O-])N(C)CCCC(=O)O)N1C(=O)CCC1=O. The van der Waals surface area contributed by atoms with Crippen molar-refractivity contribution < 1.29 is 29.3 Å². The molecular weight excluding hydrogens is 284 g/mol. The van der Waals surface area contributed by atoms with Gasteiger partial charge in [-0.25, -0.2) is 4.90 Å². The van der Waals surface area contributed by atoms with Gasteiger partial charge in [0, 0.05) is 19.3 Å². The van der Waals surface area contributed by atoms with Crippen molar-refractivity contribution in [3.05, 3.63) is 5.21 Å². The molecule has 10 nitrogen and oxygen atoms in total. The van der Waals surface area contributed by atoms with Crippen LogP contribution in [0.1, 0.15) is 32.6 Å². The van der Waals surface area contributed by atoms with Gasteiger partial charge in [0.1, 0.15) is 0 Å². The molecule has 118 valence electrons. The Bertz CT molecular complexity index is 436. The first-order valence-electron chi connectivity index (χ1n) is 6.44. The molecule has 0 radical (unpaired) electrons. The largest absolute Gasteiger partial charge is 0.569 e. The molecule has 10 heteroatoms. The summed E-state index contributed by atoms with van der Waals surface area (Å²) in [6, 6.07) is 0. The van der Waals surface area contributed by atoms with Crippen molar-refractivity contribution in [2.24, 2.45) is 5.28 Å². The lowest BCUT2D eigenvalue weighted by molar-refractivity contribution is -0.707. The van der Waals surface area contributed by atoms with E-state index in [9.17, 15) is 19.6 Å². The fourth-order valence-electron chi connectivity index (χ4n) is 1.76. The molecule has 1 rings (SSSR count). The lowest BCUT2D eigenvalue weighted by atomic mass is 10.3. The van der Waals surface area contributed by atoms with Crippen LogP contribution >= 0.6 is 0 Å². The van der Waals surface area contributed by atoms with Crippen LogP contribution in [0.5, 0.6) is 0 Å². The summed E-state index contributed by atoms with van der Waals surface area (Å²) in [6.07, 6.45) is -0.493. The maximum absolute atomic E-state index is 11.5. The molecule has 1 saturated heterocycles. The molecule has 1 N–H and O–H groups in total. The molecular formula is C11H18N4O6. The zero-order valence-corrected chi connectivity index (χ0v) is 11.9. The summed E-state index contributed by atoms with van der Waals surface area (Å²) in [5.74, 6) is -1.68. The molecule has 1 heterocycles. The third-order valence-electron chi connectivity index (χ3n) is 2.89. The third kappa shape index (κ3) is 4.89. The number of likely N-dealkylation sites (tertiary alicyclic amines) is 1. The number of amides is 2. The van der Waals surface area contributed by atoms with Gasteiger partial charge in [0.05, 0.1) is 18.6 Å². The number of hydrogen-bond acceptors (Lipinski definition) is 6. The van der Waals surface area contributed by atoms with Crippen LogP contribution in [0.3, 0.4) is 0 Å². The average molecular weight is 302 g/mol. The van der Waals surface area contributed by atoms with Crippen LogP contribution in [-0.4, -0.2) is 57.6 Å². The van der Waals surface area contributed by atoms with Crippen LogP contribution in [0.2, 0.25) is 0 Å². The maximum Gasteiger partial charge on any atom is 0.303 e. The van der Waals surface area contributed by atoms with Crippen LogP contribution in [-0.2, 0) is 19.2 Å². The Morgan fingerprint density at radius 3 is 2.62 bits per heavy atom. The van der Waals surface area contributed by atoms with Crippen LogP contribution in [0.15, 0.2) is 5.28 Å². The van der Waals surface area contributed by atoms with Crippen molar-refractivity contribution in [3.63, 3.8) is 0 Å². The van der Waals surface area contributed by atoms with E-state index in [0.717, 1.165) is 9.91 Å². The molecule has 0 aromatic rings. The molecule has 1 aliphatic rings. The van der Waals surface area contributed by atoms with Gasteiger partial charge < -0.3 is 15.2 Å². The van der Waals surface area contributed by atoms with Crippen LogP contribution in [0.25, 0.3) is 0 Å². The molecule has 0 aromatic heterocycles. The van der Waals surface area contributed by atoms with Crippen LogP contribution in [0.4, 0.5) is 0 Å². The van der Waals surface area contributed by atoms with E-state index in [1.165, 1.54) is 14.0 Å². The number of carboxylic acid groups (broad SMARTS) is 1. The van der Waals surface area contributed by atoms with Crippen molar-refractivity contribution in [2.75, 3.05) is 13.6 Å². The van der Waals surface area contributed by atoms with Gasteiger partial charge in [0.2, 0.25) is 23.3 Å². The third-order valence-corrected chi connectivity index (χ3v) is 2.89. The molecule has 1 atom stereocenters. The number of rotatable bonds is 8. The summed E-state index contributed by atoms with van der Waals surface area (Å²) < 4.78 is 0. The minimum atomic E-state index is -0.962. The summed E-state index contributed by atoms with van der Waals surface area (Å²) in [6.45, 7) is 1.61. The Labute approximate surface area is 121 Å². The van der Waals surface area contributed by atoms with Gasteiger partial charge in [0.15, 0.2) is 0 Å². The van der Waals surface area contributed by atoms with E-state index >= 15 is 0 Å². The van der Waals surface area contributed by atoms with Crippen molar-refractivity contribution in [2.45, 2.75) is 38.8 Å². The molecule has 0 spiro atoms. The number of nitrogens with zero attached hydrogens (tertiary/aromatic N) is 4. The normalized spacial score (nSPS) is 17.0. The maximum atomic E-state index is 11.5. The first kappa shape index (κ1) is 16.7. The minimum absolute atomic E-state index is 0.0633. The topological polar surface area (TPSA) is 126 Å². The second-order valence-corrected chi connectivity index (χ2v) is 4.58. The Balaban J connectivity index is 2.45. The summed E-state index contributed by atoms with van der Waals surface area (Å²) in [4.78, 5) is 39.1. The number of imide groups is 1. The summed E-state index contributed by atoms with van der Waals surface area (Å²) >= 11 is 0. The lowest BCUT2D eigenvalue weighted by Gasteiger charge is -2.19.